The number of fused-ring (bicyclic) bond motifs is 3. The summed E-state index contributed by atoms with van der Waals surface area (Å²) in [6, 6.07) is -7.27. The topological polar surface area (TPSA) is 492 Å². The zero-order chi connectivity index (χ0) is 57.1. The SMILES string of the molecule is CC(O)C(NC(=O)CNC(=O)C(CCCN)NC(=O)C(CCCN(O)C=O)NC(=O)C(CO)NC(=O)C1CCNc2c(NC(=O)CCC(=O)O)cc3cc(O)c(=O)cc-3n21)C(=O)NC(CO)C(=O)NC1CCCN(O)C1=O. The van der Waals surface area contributed by atoms with Crippen LogP contribution in [0, 0.1) is 0 Å². The number of hydrogen-bond donors (Lipinski definition) is 17. The van der Waals surface area contributed by atoms with E-state index in [2.05, 4.69) is 47.9 Å². The van der Waals surface area contributed by atoms with E-state index in [0.29, 0.717) is 11.5 Å². The molecule has 4 aliphatic rings. The highest BCUT2D eigenvalue weighted by molar-refractivity contribution is 5.99. The van der Waals surface area contributed by atoms with E-state index in [1.54, 1.807) is 0 Å². The van der Waals surface area contributed by atoms with Gasteiger partial charge in [0.15, 0.2) is 5.75 Å². The molecule has 0 radical (unpaired) electrons. The van der Waals surface area contributed by atoms with Gasteiger partial charge >= 0.3 is 5.97 Å². The number of rotatable bonds is 29. The van der Waals surface area contributed by atoms with Gasteiger partial charge in [0.2, 0.25) is 59.1 Å². The van der Waals surface area contributed by atoms with Crippen molar-refractivity contribution in [3.8, 4) is 17.0 Å². The number of phenolic OH excluding ortho intramolecular Hbond substituents is 1. The number of phenols is 1. The Kier molecular flexibility index (Phi) is 23.4. The highest BCUT2D eigenvalue weighted by Crippen LogP contribution is 2.39. The van der Waals surface area contributed by atoms with Crippen molar-refractivity contribution in [2.75, 3.05) is 56.6 Å². The summed E-state index contributed by atoms with van der Waals surface area (Å²) >= 11 is 0. The molecule has 77 heavy (non-hydrogen) atoms. The number of aromatic hydroxyl groups is 1. The smallest absolute Gasteiger partial charge is 0.303 e. The van der Waals surface area contributed by atoms with Gasteiger partial charge in [-0.15, -0.1) is 0 Å². The molecule has 0 aromatic carbocycles. The molecule has 3 heterocycles. The number of aliphatic hydroxyl groups is 3. The number of anilines is 2. The molecule has 0 aromatic rings. The molecule has 3 aliphatic heterocycles. The maximum Gasteiger partial charge on any atom is 0.303 e. The highest BCUT2D eigenvalue weighted by Gasteiger charge is 2.37. The Morgan fingerprint density at radius 1 is 0.831 bits per heavy atom. The quantitative estimate of drug-likeness (QED) is 0.0205. The normalized spacial score (nSPS) is 17.3. The van der Waals surface area contributed by atoms with Gasteiger partial charge in [0.05, 0.1) is 43.7 Å². The second-order valence-electron chi connectivity index (χ2n) is 17.9. The van der Waals surface area contributed by atoms with E-state index in [0.717, 1.165) is 19.1 Å². The lowest BCUT2D eigenvalue weighted by molar-refractivity contribution is -0.173. The molecule has 32 heteroatoms. The van der Waals surface area contributed by atoms with E-state index >= 15 is 0 Å². The average Bonchev–Trinajstić information content (AvgIpc) is 3.40. The number of carboxylic acids is 1. The first-order valence-electron chi connectivity index (χ1n) is 24.3. The number of carboxylic acid groups (broad SMARTS) is 1. The molecule has 4 rings (SSSR count). The van der Waals surface area contributed by atoms with Crippen molar-refractivity contribution in [1.29, 1.82) is 0 Å². The molecular weight excluding hydrogens is 1030 g/mol. The number of pyridine rings is 1. The van der Waals surface area contributed by atoms with E-state index in [4.69, 9.17) is 10.8 Å². The standard InChI is InChI=1S/C45H65N13O19/c1-22(62)37(44(74)54-29(20-60)42(72)52-26-7-4-14-57(77)45(26)75)55-35(66)18-48-39(69)24(5-2-11-46)50-40(70)25(6-3-13-56(76)21-61)51-41(71)28(19-59)53-43(73)30-10-12-47-38-27(49-34(65)8-9-36(67)68)15-23-16-32(63)33(64)17-31(23)58(30)38/h15-17,21-22,24-26,28-30,37,47,59-60,62-63,76-77H,2-14,18-20,46H2,1H3,(H,48,69)(H,49,65)(H,50,70)(H,51,71)(H,52,72)(H,53,73)(H,54,74)(H,55,66)(H,67,68). The Balaban J connectivity index is 1.47. The van der Waals surface area contributed by atoms with Gasteiger partial charge in [-0.05, 0) is 70.5 Å². The second-order valence-corrected chi connectivity index (χ2v) is 17.9. The number of amides is 10. The molecule has 10 amide bonds. The average molecular weight is 1090 g/mol. The van der Waals surface area contributed by atoms with Crippen molar-refractivity contribution in [2.45, 2.75) is 113 Å². The summed E-state index contributed by atoms with van der Waals surface area (Å²) in [5.41, 5.74) is 5.12. The maximum absolute atomic E-state index is 14.1. The van der Waals surface area contributed by atoms with Crippen LogP contribution in [0.4, 0.5) is 11.5 Å². The summed E-state index contributed by atoms with van der Waals surface area (Å²) in [4.78, 5) is 154. The van der Waals surface area contributed by atoms with E-state index < -0.39 is 151 Å². The van der Waals surface area contributed by atoms with Crippen molar-refractivity contribution in [3.63, 3.8) is 0 Å². The molecule has 32 nitrogen and oxygen atoms in total. The van der Waals surface area contributed by atoms with E-state index in [9.17, 15) is 88.4 Å². The number of aromatic nitrogens is 1. The largest absolute Gasteiger partial charge is 0.504 e. The zero-order valence-corrected chi connectivity index (χ0v) is 41.7. The maximum atomic E-state index is 14.1. The van der Waals surface area contributed by atoms with E-state index in [1.165, 1.54) is 10.6 Å². The van der Waals surface area contributed by atoms with Crippen LogP contribution in [0.1, 0.15) is 70.8 Å². The van der Waals surface area contributed by atoms with Crippen LogP contribution < -0.4 is 59.0 Å². The van der Waals surface area contributed by atoms with Crippen LogP contribution in [-0.4, -0.2) is 204 Å². The number of carbonyl (C=O) groups excluding carboxylic acids is 10. The Morgan fingerprint density at radius 3 is 2.10 bits per heavy atom. The number of benzene rings is 1. The summed E-state index contributed by atoms with van der Waals surface area (Å²) in [6.07, 6.45) is -2.55. The molecule has 0 bridgehead atoms. The monoisotopic (exact) mass is 1090 g/mol. The van der Waals surface area contributed by atoms with Crippen LogP contribution >= 0.6 is 0 Å². The minimum Gasteiger partial charge on any atom is -0.504 e. The molecule has 424 valence electrons. The van der Waals surface area contributed by atoms with Crippen LogP contribution in [0.15, 0.2) is 23.0 Å². The fraction of sp³-hybridized carbons (Fsp3) is 0.556. The lowest BCUT2D eigenvalue weighted by atomic mass is 10.0. The number of hydrogen-bond acceptors (Lipinski definition) is 20. The van der Waals surface area contributed by atoms with Crippen molar-refractivity contribution in [3.05, 3.63) is 28.4 Å². The number of aliphatic hydroxyl groups excluding tert-OH is 3. The summed E-state index contributed by atoms with van der Waals surface area (Å²) < 4.78 is 1.31. The van der Waals surface area contributed by atoms with Gasteiger partial charge in [-0.25, -0.2) is 10.1 Å². The van der Waals surface area contributed by atoms with Crippen molar-refractivity contribution in [2.24, 2.45) is 5.73 Å². The molecule has 8 unspecified atom stereocenters. The fourth-order valence-electron chi connectivity index (χ4n) is 8.13. The number of nitrogens with two attached hydrogens (primary N) is 1. The predicted molar refractivity (Wildman–Crippen MR) is 262 cm³/mol. The van der Waals surface area contributed by atoms with Gasteiger partial charge in [0, 0.05) is 37.7 Å². The zero-order valence-electron chi connectivity index (χ0n) is 41.7. The Bertz CT molecular complexity index is 2530. The summed E-state index contributed by atoms with van der Waals surface area (Å²) in [5, 5.41) is 91.7. The van der Waals surface area contributed by atoms with Gasteiger partial charge in [0.1, 0.15) is 48.1 Å². The number of nitrogens with zero attached hydrogens (tertiary/aromatic N) is 3. The third kappa shape index (κ3) is 17.5. The van der Waals surface area contributed by atoms with E-state index in [-0.39, 0.29) is 98.9 Å². The summed E-state index contributed by atoms with van der Waals surface area (Å²) in [7, 11) is 0. The minimum atomic E-state index is -1.79. The molecule has 1 aliphatic carbocycles. The third-order valence-corrected chi connectivity index (χ3v) is 12.2. The highest BCUT2D eigenvalue weighted by atomic mass is 16.5. The van der Waals surface area contributed by atoms with E-state index in [1.807, 2.05) is 0 Å². The Hall–Kier alpha value is -8.04. The van der Waals surface area contributed by atoms with Crippen molar-refractivity contribution in [1.82, 2.24) is 51.9 Å². The summed E-state index contributed by atoms with van der Waals surface area (Å²) in [6.45, 7) is -2.05. The number of hydroxylamine groups is 4. The summed E-state index contributed by atoms with van der Waals surface area (Å²) in [5.74, 6) is -10.7. The van der Waals surface area contributed by atoms with Crippen LogP contribution in [-0.2, 0) is 52.7 Å². The number of piperidine rings is 1. The predicted octanol–water partition coefficient (Wildman–Crippen LogP) is -6.41. The first kappa shape index (κ1) is 61.5. The van der Waals surface area contributed by atoms with Crippen LogP contribution in [0.25, 0.3) is 11.3 Å². The molecule has 1 fully saturated rings. The number of aliphatic carboxylic acids is 1. The molecule has 8 atom stereocenters. The number of carbonyl (C=O) groups is 11. The van der Waals surface area contributed by atoms with Crippen molar-refractivity contribution >= 4 is 77.0 Å². The van der Waals surface area contributed by atoms with Crippen LogP contribution in [0.2, 0.25) is 0 Å². The molecule has 0 saturated carbocycles. The Labute approximate surface area is 437 Å². The molecule has 1 saturated heterocycles. The lowest BCUT2D eigenvalue weighted by Gasteiger charge is -2.34. The number of nitrogens with one attached hydrogen (secondary N) is 9. The fourth-order valence-corrected chi connectivity index (χ4v) is 8.13. The third-order valence-electron chi connectivity index (χ3n) is 12.2. The van der Waals surface area contributed by atoms with Crippen LogP contribution in [0.3, 0.4) is 0 Å². The Morgan fingerprint density at radius 2 is 1.47 bits per heavy atom. The van der Waals surface area contributed by atoms with Gasteiger partial charge in [-0.3, -0.25) is 67.9 Å². The van der Waals surface area contributed by atoms with Gasteiger partial charge in [-0.1, -0.05) is 0 Å². The first-order chi connectivity index (χ1) is 36.5. The van der Waals surface area contributed by atoms with Crippen LogP contribution in [0.5, 0.6) is 5.75 Å². The minimum absolute atomic E-state index is 0.00393. The molecule has 0 aromatic heterocycles. The van der Waals surface area contributed by atoms with Gasteiger partial charge < -0.3 is 83.7 Å². The second kappa shape index (κ2) is 29.3. The lowest BCUT2D eigenvalue weighted by Crippen LogP contribution is -2.61. The van der Waals surface area contributed by atoms with Gasteiger partial charge in [0.25, 0.3) is 5.91 Å². The molecule has 18 N–H and O–H groups in total. The van der Waals surface area contributed by atoms with Gasteiger partial charge in [-0.2, -0.15) is 0 Å². The molecular formula is C45H65N13O19. The first-order valence-corrected chi connectivity index (χ1v) is 24.3. The van der Waals surface area contributed by atoms with Crippen molar-refractivity contribution < 1.29 is 88.7 Å². The molecule has 0 spiro atoms.